The molecule has 0 saturated carbocycles. The molecule has 0 unspecified atom stereocenters. The van der Waals surface area contributed by atoms with Crippen molar-refractivity contribution in [1.82, 2.24) is 0 Å². The Morgan fingerprint density at radius 1 is 1.30 bits per heavy atom. The fourth-order valence-electron chi connectivity index (χ4n) is 0.211. The van der Waals surface area contributed by atoms with Crippen molar-refractivity contribution in [1.29, 1.82) is 0 Å². The largest absolute Gasteiger partial charge is 0.231 e. The fourth-order valence-corrected chi connectivity index (χ4v) is 0.349. The highest BCUT2D eigenvalue weighted by Crippen LogP contribution is 2.02. The topological polar surface area (TPSA) is 18.5 Å². The van der Waals surface area contributed by atoms with E-state index in [1.807, 2.05) is 0 Å². The molecule has 0 atom stereocenters. The highest BCUT2D eigenvalue weighted by Gasteiger charge is 1.91. The van der Waals surface area contributed by atoms with E-state index in [-0.39, 0.29) is 6.61 Å². The van der Waals surface area contributed by atoms with E-state index >= 15 is 0 Å². The molecular formula is C6H8BrClO2. The van der Waals surface area contributed by atoms with Gasteiger partial charge in [0, 0.05) is 9.51 Å². The van der Waals surface area contributed by atoms with Crippen LogP contribution in [0.2, 0.25) is 0 Å². The second-order valence-corrected chi connectivity index (χ2v) is 3.21. The van der Waals surface area contributed by atoms with Crippen molar-refractivity contribution in [2.24, 2.45) is 0 Å². The van der Waals surface area contributed by atoms with Crippen molar-refractivity contribution >= 4 is 27.5 Å². The molecule has 0 aliphatic rings. The van der Waals surface area contributed by atoms with Gasteiger partial charge < -0.3 is 0 Å². The van der Waals surface area contributed by atoms with Crippen molar-refractivity contribution in [3.8, 4) is 0 Å². The average molecular weight is 227 g/mol. The van der Waals surface area contributed by atoms with Crippen LogP contribution in [0.4, 0.5) is 0 Å². The second kappa shape index (κ2) is 5.92. The lowest BCUT2D eigenvalue weighted by Crippen LogP contribution is -1.97. The van der Waals surface area contributed by atoms with Crippen LogP contribution in [-0.2, 0) is 9.78 Å². The molecule has 0 aromatic heterocycles. The molecule has 0 aromatic carbocycles. The molecule has 0 amide bonds. The summed E-state index contributed by atoms with van der Waals surface area (Å²) in [4.78, 5) is 9.20. The molecule has 58 valence electrons. The van der Waals surface area contributed by atoms with Crippen molar-refractivity contribution in [2.75, 3.05) is 13.2 Å². The first-order chi connectivity index (χ1) is 4.63. The molecule has 0 spiro atoms. The van der Waals surface area contributed by atoms with Crippen LogP contribution in [0.1, 0.15) is 0 Å². The van der Waals surface area contributed by atoms with Gasteiger partial charge in [0.15, 0.2) is 0 Å². The Hall–Kier alpha value is 0.170. The van der Waals surface area contributed by atoms with Gasteiger partial charge in [0.25, 0.3) is 0 Å². The maximum atomic E-state index is 5.36. The summed E-state index contributed by atoms with van der Waals surface area (Å²) in [5.41, 5.74) is 0. The third-order valence-electron chi connectivity index (χ3n) is 0.514. The zero-order chi connectivity index (χ0) is 7.98. The van der Waals surface area contributed by atoms with Gasteiger partial charge >= 0.3 is 0 Å². The summed E-state index contributed by atoms with van der Waals surface area (Å²) in [6, 6.07) is 0. The Labute approximate surface area is 73.5 Å². The third-order valence-corrected chi connectivity index (χ3v) is 0.852. The smallest absolute Gasteiger partial charge is 0.117 e. The van der Waals surface area contributed by atoms with Gasteiger partial charge in [0.05, 0.1) is 0 Å². The van der Waals surface area contributed by atoms with Crippen LogP contribution < -0.4 is 0 Å². The van der Waals surface area contributed by atoms with Gasteiger partial charge in [0.1, 0.15) is 13.2 Å². The summed E-state index contributed by atoms with van der Waals surface area (Å²) in [6.45, 7) is 7.43. The standard InChI is InChI=1S/C6H8BrClO2/c1-5(7)3-9-10-4-6(2)8/h1-4H2. The molecule has 0 radical (unpaired) electrons. The molecule has 0 fully saturated rings. The quantitative estimate of drug-likeness (QED) is 0.408. The molecule has 0 rings (SSSR count). The highest BCUT2D eigenvalue weighted by molar-refractivity contribution is 9.11. The lowest BCUT2D eigenvalue weighted by Gasteiger charge is -2.00. The van der Waals surface area contributed by atoms with Gasteiger partial charge in [-0.1, -0.05) is 40.7 Å². The van der Waals surface area contributed by atoms with E-state index in [1.165, 1.54) is 0 Å². The maximum absolute atomic E-state index is 5.36. The number of hydrogen-bond acceptors (Lipinski definition) is 2. The molecule has 0 aromatic rings. The normalized spacial score (nSPS) is 9.40. The Bertz CT molecular complexity index is 120. The minimum absolute atomic E-state index is 0.196. The molecule has 0 bridgehead atoms. The van der Waals surface area contributed by atoms with Gasteiger partial charge in [-0.3, -0.25) is 0 Å². The minimum Gasteiger partial charge on any atom is -0.231 e. The van der Waals surface area contributed by atoms with Crippen molar-refractivity contribution < 1.29 is 9.78 Å². The lowest BCUT2D eigenvalue weighted by molar-refractivity contribution is -0.278. The summed E-state index contributed by atoms with van der Waals surface area (Å²) < 4.78 is 0.715. The maximum Gasteiger partial charge on any atom is 0.117 e. The molecule has 10 heavy (non-hydrogen) atoms. The summed E-state index contributed by atoms with van der Waals surface area (Å²) >= 11 is 8.45. The summed E-state index contributed by atoms with van der Waals surface area (Å²) in [5, 5.41) is 0.403. The Balaban J connectivity index is 3.06. The van der Waals surface area contributed by atoms with Crippen molar-refractivity contribution in [3.63, 3.8) is 0 Å². The van der Waals surface area contributed by atoms with E-state index in [1.54, 1.807) is 0 Å². The van der Waals surface area contributed by atoms with Gasteiger partial charge in [-0.2, -0.15) is 0 Å². The summed E-state index contributed by atoms with van der Waals surface area (Å²) in [6.07, 6.45) is 0. The number of hydrogen-bond donors (Lipinski definition) is 0. The van der Waals surface area contributed by atoms with Crippen LogP contribution in [0, 0.1) is 0 Å². The molecule has 0 aliphatic heterocycles. The molecule has 0 saturated heterocycles. The van der Waals surface area contributed by atoms with Gasteiger partial charge in [-0.05, 0) is 0 Å². The Kier molecular flexibility index (Phi) is 6.02. The van der Waals surface area contributed by atoms with Gasteiger partial charge in [-0.25, -0.2) is 9.78 Å². The molecule has 0 heterocycles. The molecule has 4 heteroatoms. The molecule has 0 N–H and O–H groups in total. The van der Waals surface area contributed by atoms with E-state index in [0.717, 1.165) is 0 Å². The average Bonchev–Trinajstić information content (AvgIpc) is 1.79. The van der Waals surface area contributed by atoms with Crippen LogP contribution in [0.25, 0.3) is 0 Å². The van der Waals surface area contributed by atoms with Crippen molar-refractivity contribution in [3.05, 3.63) is 22.7 Å². The van der Waals surface area contributed by atoms with Crippen LogP contribution >= 0.6 is 27.5 Å². The van der Waals surface area contributed by atoms with Crippen LogP contribution in [-0.4, -0.2) is 13.2 Å². The minimum atomic E-state index is 0.196. The highest BCUT2D eigenvalue weighted by atomic mass is 79.9. The summed E-state index contributed by atoms with van der Waals surface area (Å²) in [5.74, 6) is 0. The molecular weight excluding hydrogens is 219 g/mol. The Morgan fingerprint density at radius 3 is 2.20 bits per heavy atom. The first kappa shape index (κ1) is 10.2. The third kappa shape index (κ3) is 8.17. The number of halogens is 2. The predicted octanol–water partition coefficient (Wildman–Crippen LogP) is 2.60. The van der Waals surface area contributed by atoms with Crippen LogP contribution in [0.15, 0.2) is 22.7 Å². The van der Waals surface area contributed by atoms with Gasteiger partial charge in [-0.15, -0.1) is 0 Å². The molecule has 0 aliphatic carbocycles. The van der Waals surface area contributed by atoms with E-state index in [2.05, 4.69) is 38.9 Å². The van der Waals surface area contributed by atoms with E-state index < -0.39 is 0 Å². The zero-order valence-corrected chi connectivity index (χ0v) is 7.74. The lowest BCUT2D eigenvalue weighted by atomic mass is 10.7. The number of rotatable bonds is 5. The SMILES string of the molecule is C=C(Cl)COOCC(=C)Br. The van der Waals surface area contributed by atoms with E-state index in [0.29, 0.717) is 16.1 Å². The predicted molar refractivity (Wildman–Crippen MR) is 45.0 cm³/mol. The van der Waals surface area contributed by atoms with Gasteiger partial charge in [0.2, 0.25) is 0 Å². The fraction of sp³-hybridized carbons (Fsp3) is 0.333. The first-order valence-electron chi connectivity index (χ1n) is 2.54. The zero-order valence-electron chi connectivity index (χ0n) is 5.40. The van der Waals surface area contributed by atoms with E-state index in [9.17, 15) is 0 Å². The van der Waals surface area contributed by atoms with Crippen molar-refractivity contribution in [2.45, 2.75) is 0 Å². The Morgan fingerprint density at radius 2 is 1.80 bits per heavy atom. The summed E-state index contributed by atoms with van der Waals surface area (Å²) in [7, 11) is 0. The molecule has 2 nitrogen and oxygen atoms in total. The van der Waals surface area contributed by atoms with Crippen LogP contribution in [0.3, 0.4) is 0 Å². The monoisotopic (exact) mass is 226 g/mol. The first-order valence-corrected chi connectivity index (χ1v) is 3.71. The second-order valence-electron chi connectivity index (χ2n) is 1.56. The van der Waals surface area contributed by atoms with Crippen LogP contribution in [0.5, 0.6) is 0 Å². The van der Waals surface area contributed by atoms with E-state index in [4.69, 9.17) is 11.6 Å².